The van der Waals surface area contributed by atoms with Crippen LogP contribution < -0.4 is 11.2 Å². The number of ketones is 1. The fraction of sp³-hybridized carbons (Fsp3) is 0.292. The highest BCUT2D eigenvalue weighted by Gasteiger charge is 2.28. The number of benzene rings is 1. The molecular weight excluding hydrogens is 424 g/mol. The molecular formula is C24H22N4O5. The van der Waals surface area contributed by atoms with Crippen LogP contribution in [0.3, 0.4) is 0 Å². The van der Waals surface area contributed by atoms with Gasteiger partial charge < -0.3 is 9.30 Å². The van der Waals surface area contributed by atoms with E-state index in [2.05, 4.69) is 0 Å². The summed E-state index contributed by atoms with van der Waals surface area (Å²) in [6.07, 6.45) is 2.88. The van der Waals surface area contributed by atoms with Crippen molar-refractivity contribution >= 4 is 11.8 Å². The maximum atomic E-state index is 13.1. The zero-order chi connectivity index (χ0) is 23.9. The van der Waals surface area contributed by atoms with E-state index in [9.17, 15) is 24.4 Å². The Morgan fingerprint density at radius 1 is 1.15 bits per heavy atom. The zero-order valence-corrected chi connectivity index (χ0v) is 18.5. The van der Waals surface area contributed by atoms with Gasteiger partial charge >= 0.3 is 11.7 Å². The summed E-state index contributed by atoms with van der Waals surface area (Å²) < 4.78 is 8.79. The summed E-state index contributed by atoms with van der Waals surface area (Å²) in [4.78, 5) is 50.3. The summed E-state index contributed by atoms with van der Waals surface area (Å²) in [5, 5.41) is 9.30. The Balaban J connectivity index is 1.70. The number of aryl methyl sites for hydroxylation is 1. The quantitative estimate of drug-likeness (QED) is 0.424. The van der Waals surface area contributed by atoms with Crippen molar-refractivity contribution in [3.63, 3.8) is 0 Å². The van der Waals surface area contributed by atoms with Gasteiger partial charge in [0.25, 0.3) is 5.56 Å². The van der Waals surface area contributed by atoms with Crippen LogP contribution in [0.1, 0.15) is 56.6 Å². The molecule has 0 atom stereocenters. The van der Waals surface area contributed by atoms with Crippen LogP contribution in [0.5, 0.6) is 0 Å². The molecule has 0 spiro atoms. The standard InChI is InChI=1S/C24H22N4O5/c1-14-10-20(15(2)28(14)19-6-4-16(5-7-19)23(31)33-3)21(29)13-27-22(30)17(11-25)12-26(24(27)32)18-8-9-18/h4-7,10,12,18H,8-9,13H2,1-3H3. The topological polar surface area (TPSA) is 116 Å². The normalized spacial score (nSPS) is 12.9. The summed E-state index contributed by atoms with van der Waals surface area (Å²) in [7, 11) is 1.31. The van der Waals surface area contributed by atoms with Crippen molar-refractivity contribution in [1.82, 2.24) is 13.7 Å². The second-order valence-corrected chi connectivity index (χ2v) is 8.05. The summed E-state index contributed by atoms with van der Waals surface area (Å²) in [5.74, 6) is -0.850. The lowest BCUT2D eigenvalue weighted by molar-refractivity contribution is 0.0600. The Morgan fingerprint density at radius 2 is 1.82 bits per heavy atom. The van der Waals surface area contributed by atoms with Crippen LogP contribution in [-0.2, 0) is 11.3 Å². The molecule has 0 bridgehead atoms. The molecule has 0 amide bonds. The van der Waals surface area contributed by atoms with Gasteiger partial charge in [-0.2, -0.15) is 5.26 Å². The molecule has 3 aromatic rings. The monoisotopic (exact) mass is 446 g/mol. The second kappa shape index (κ2) is 8.39. The van der Waals surface area contributed by atoms with Crippen molar-refractivity contribution in [1.29, 1.82) is 5.26 Å². The molecule has 1 aliphatic rings. The number of nitrogens with zero attached hydrogens (tertiary/aromatic N) is 4. The van der Waals surface area contributed by atoms with Crippen molar-refractivity contribution in [2.45, 2.75) is 39.3 Å². The molecule has 0 aliphatic heterocycles. The highest BCUT2D eigenvalue weighted by Crippen LogP contribution is 2.33. The van der Waals surface area contributed by atoms with Gasteiger partial charge in [0.15, 0.2) is 5.78 Å². The Hall–Kier alpha value is -4.19. The van der Waals surface area contributed by atoms with Crippen LogP contribution in [0, 0.1) is 25.2 Å². The van der Waals surface area contributed by atoms with Gasteiger partial charge in [-0.05, 0) is 57.0 Å². The van der Waals surface area contributed by atoms with Gasteiger partial charge in [-0.25, -0.2) is 9.59 Å². The van der Waals surface area contributed by atoms with E-state index in [0.29, 0.717) is 16.8 Å². The van der Waals surface area contributed by atoms with Crippen molar-refractivity contribution in [3.05, 3.63) is 85.4 Å². The Morgan fingerprint density at radius 3 is 2.39 bits per heavy atom. The number of ether oxygens (including phenoxy) is 1. The number of carbonyl (C=O) groups is 2. The van der Waals surface area contributed by atoms with Crippen LogP contribution >= 0.6 is 0 Å². The number of hydrogen-bond acceptors (Lipinski definition) is 6. The molecule has 33 heavy (non-hydrogen) atoms. The third kappa shape index (κ3) is 3.91. The third-order valence-corrected chi connectivity index (χ3v) is 5.84. The smallest absolute Gasteiger partial charge is 0.337 e. The predicted molar refractivity (Wildman–Crippen MR) is 119 cm³/mol. The first kappa shape index (κ1) is 22.0. The van der Waals surface area contributed by atoms with Gasteiger partial charge in [-0.3, -0.25) is 18.7 Å². The summed E-state index contributed by atoms with van der Waals surface area (Å²) in [6.45, 7) is 3.15. The van der Waals surface area contributed by atoms with E-state index in [1.807, 2.05) is 17.6 Å². The number of esters is 1. The number of nitriles is 1. The summed E-state index contributed by atoms with van der Waals surface area (Å²) >= 11 is 0. The van der Waals surface area contributed by atoms with Crippen LogP contribution in [0.25, 0.3) is 5.69 Å². The van der Waals surface area contributed by atoms with Crippen LogP contribution in [-0.4, -0.2) is 32.6 Å². The molecule has 9 nitrogen and oxygen atoms in total. The third-order valence-electron chi connectivity index (χ3n) is 5.84. The minimum absolute atomic E-state index is 0.0374. The molecule has 2 aromatic heterocycles. The highest BCUT2D eigenvalue weighted by atomic mass is 16.5. The molecule has 1 fully saturated rings. The number of hydrogen-bond donors (Lipinski definition) is 0. The van der Waals surface area contributed by atoms with E-state index >= 15 is 0 Å². The maximum Gasteiger partial charge on any atom is 0.337 e. The predicted octanol–water partition coefficient (Wildman–Crippen LogP) is 2.29. The van der Waals surface area contributed by atoms with Gasteiger partial charge in [0.2, 0.25) is 0 Å². The minimum Gasteiger partial charge on any atom is -0.465 e. The van der Waals surface area contributed by atoms with Crippen molar-refractivity contribution in [2.75, 3.05) is 7.11 Å². The lowest BCUT2D eigenvalue weighted by Gasteiger charge is -2.11. The lowest BCUT2D eigenvalue weighted by atomic mass is 10.1. The molecule has 0 radical (unpaired) electrons. The first-order chi connectivity index (χ1) is 15.8. The van der Waals surface area contributed by atoms with Gasteiger partial charge in [-0.1, -0.05) is 0 Å². The first-order valence-electron chi connectivity index (χ1n) is 10.4. The molecule has 0 unspecified atom stereocenters. The van der Waals surface area contributed by atoms with Crippen molar-refractivity contribution in [2.24, 2.45) is 0 Å². The average Bonchev–Trinajstić information content (AvgIpc) is 3.60. The van der Waals surface area contributed by atoms with Crippen molar-refractivity contribution in [3.8, 4) is 11.8 Å². The number of methoxy groups -OCH3 is 1. The van der Waals surface area contributed by atoms with Gasteiger partial charge in [-0.15, -0.1) is 0 Å². The van der Waals surface area contributed by atoms with E-state index in [1.54, 1.807) is 37.3 Å². The van der Waals surface area contributed by atoms with Crippen molar-refractivity contribution < 1.29 is 14.3 Å². The van der Waals surface area contributed by atoms with Gasteiger partial charge in [0.05, 0.1) is 19.2 Å². The van der Waals surface area contributed by atoms with Crippen LogP contribution in [0.15, 0.2) is 46.1 Å². The fourth-order valence-electron chi connectivity index (χ4n) is 3.99. The van der Waals surface area contributed by atoms with E-state index < -0.39 is 29.5 Å². The van der Waals surface area contributed by atoms with E-state index in [1.165, 1.54) is 17.9 Å². The number of Topliss-reactive ketones (excluding diaryl/α,β-unsaturated/α-hetero) is 1. The molecule has 1 aromatic carbocycles. The maximum absolute atomic E-state index is 13.1. The summed E-state index contributed by atoms with van der Waals surface area (Å²) in [6, 6.07) is 10.2. The molecule has 0 saturated heterocycles. The van der Waals surface area contributed by atoms with Crippen LogP contribution in [0.4, 0.5) is 0 Å². The first-order valence-corrected chi connectivity index (χ1v) is 10.4. The van der Waals surface area contributed by atoms with Gasteiger partial charge in [0.1, 0.15) is 11.6 Å². The largest absolute Gasteiger partial charge is 0.465 e. The van der Waals surface area contributed by atoms with E-state index in [0.717, 1.165) is 28.8 Å². The molecule has 168 valence electrons. The van der Waals surface area contributed by atoms with E-state index in [-0.39, 0.29) is 11.6 Å². The average molecular weight is 446 g/mol. The van der Waals surface area contributed by atoms with Gasteiger partial charge in [0, 0.05) is 34.9 Å². The Labute approximate surface area is 189 Å². The molecule has 1 saturated carbocycles. The van der Waals surface area contributed by atoms with Crippen LogP contribution in [0.2, 0.25) is 0 Å². The SMILES string of the molecule is COC(=O)c1ccc(-n2c(C)cc(C(=O)Cn3c(=O)c(C#N)cn(C4CC4)c3=O)c2C)cc1. The fourth-order valence-corrected chi connectivity index (χ4v) is 3.99. The number of carbonyl (C=O) groups excluding carboxylic acids is 2. The Bertz CT molecular complexity index is 1430. The lowest BCUT2D eigenvalue weighted by Crippen LogP contribution is -2.42. The number of aromatic nitrogens is 3. The van der Waals surface area contributed by atoms with E-state index in [4.69, 9.17) is 4.74 Å². The molecule has 0 N–H and O–H groups in total. The summed E-state index contributed by atoms with van der Waals surface area (Å²) in [5.41, 5.74) is 1.43. The molecule has 1 aliphatic carbocycles. The zero-order valence-electron chi connectivity index (χ0n) is 18.5. The molecule has 2 heterocycles. The Kier molecular flexibility index (Phi) is 5.60. The minimum atomic E-state index is -0.764. The number of rotatable bonds is 6. The molecule has 4 rings (SSSR count). The highest BCUT2D eigenvalue weighted by molar-refractivity contribution is 5.97. The molecule has 9 heteroatoms. The second-order valence-electron chi connectivity index (χ2n) is 8.05.